The van der Waals surface area contributed by atoms with Crippen LogP contribution in [0, 0.1) is 6.92 Å². The molecule has 0 spiro atoms. The van der Waals surface area contributed by atoms with Gasteiger partial charge in [-0.3, -0.25) is 0 Å². The minimum Gasteiger partial charge on any atom is -0.489 e. The maximum atomic E-state index is 5.99. The second-order valence-electron chi connectivity index (χ2n) is 6.89. The Morgan fingerprint density at radius 2 is 2.07 bits per heavy atom. The highest BCUT2D eigenvalue weighted by atomic mass is 32.2. The smallest absolute Gasteiger partial charge is 0.192 e. The van der Waals surface area contributed by atoms with Crippen molar-refractivity contribution in [1.29, 1.82) is 0 Å². The third-order valence-corrected chi connectivity index (χ3v) is 6.18. The highest BCUT2D eigenvalue weighted by Gasteiger charge is 2.23. The Bertz CT molecular complexity index is 925. The van der Waals surface area contributed by atoms with E-state index in [-0.39, 0.29) is 0 Å². The van der Waals surface area contributed by atoms with Crippen molar-refractivity contribution < 1.29 is 4.74 Å². The van der Waals surface area contributed by atoms with Gasteiger partial charge in [-0.2, -0.15) is 0 Å². The summed E-state index contributed by atoms with van der Waals surface area (Å²) in [4.78, 5) is 7.76. The van der Waals surface area contributed by atoms with Gasteiger partial charge in [0.1, 0.15) is 12.4 Å². The molecule has 1 N–H and O–H groups in total. The zero-order valence-electron chi connectivity index (χ0n) is 15.7. The molecule has 6 heteroatoms. The number of nitrogens with one attached hydrogen (secondary N) is 1. The molecule has 3 aromatic rings. The average Bonchev–Trinajstić information content (AvgIpc) is 3.19. The molecule has 2 heterocycles. The predicted octanol–water partition coefficient (Wildman–Crippen LogP) is 6.22. The van der Waals surface area contributed by atoms with Gasteiger partial charge in [-0.05, 0) is 60.2 Å². The van der Waals surface area contributed by atoms with E-state index >= 15 is 0 Å². The van der Waals surface area contributed by atoms with E-state index < -0.39 is 0 Å². The first-order chi connectivity index (χ1) is 13.1. The van der Waals surface area contributed by atoms with E-state index in [1.165, 1.54) is 16.8 Å². The van der Waals surface area contributed by atoms with Gasteiger partial charge in [-0.25, -0.2) is 4.98 Å². The zero-order valence-corrected chi connectivity index (χ0v) is 17.4. The molecule has 0 radical (unpaired) electrons. The first-order valence-corrected chi connectivity index (χ1v) is 10.8. The molecule has 4 nitrogen and oxygen atoms in total. The van der Waals surface area contributed by atoms with Crippen molar-refractivity contribution in [2.45, 2.75) is 31.6 Å². The Labute approximate surface area is 168 Å². The number of thiazole rings is 1. The van der Waals surface area contributed by atoms with Gasteiger partial charge in [-0.1, -0.05) is 26.0 Å². The number of anilines is 3. The predicted molar refractivity (Wildman–Crippen MR) is 116 cm³/mol. The molecule has 27 heavy (non-hydrogen) atoms. The van der Waals surface area contributed by atoms with Crippen LogP contribution in [0.15, 0.2) is 52.9 Å². The third-order valence-electron chi connectivity index (χ3n) is 4.58. The van der Waals surface area contributed by atoms with Gasteiger partial charge < -0.3 is 14.4 Å². The van der Waals surface area contributed by atoms with Crippen molar-refractivity contribution in [3.8, 4) is 5.75 Å². The van der Waals surface area contributed by atoms with E-state index in [1.54, 1.807) is 29.5 Å². The van der Waals surface area contributed by atoms with Crippen LogP contribution >= 0.6 is 23.3 Å². The lowest BCUT2D eigenvalue weighted by Gasteiger charge is -2.34. The molecular weight excluding hydrogens is 374 g/mol. The number of fused-ring (bicyclic) bond motifs is 1. The number of ether oxygens (including phenoxy) is 1. The van der Waals surface area contributed by atoms with Crippen LogP contribution in [0.25, 0.3) is 0 Å². The lowest BCUT2D eigenvalue weighted by Crippen LogP contribution is -2.29. The summed E-state index contributed by atoms with van der Waals surface area (Å²) in [6.45, 7) is 8.20. The molecule has 1 aromatic heterocycles. The molecule has 0 amide bonds. The summed E-state index contributed by atoms with van der Waals surface area (Å²) < 4.78 is 9.26. The molecule has 4 rings (SSSR count). The quantitative estimate of drug-likeness (QED) is 0.517. The van der Waals surface area contributed by atoms with E-state index in [0.29, 0.717) is 12.5 Å². The highest BCUT2D eigenvalue weighted by molar-refractivity contribution is 8.00. The number of aryl methyl sites for hydroxylation is 1. The summed E-state index contributed by atoms with van der Waals surface area (Å²) in [7, 11) is 0. The van der Waals surface area contributed by atoms with Crippen LogP contribution in [-0.4, -0.2) is 18.1 Å². The van der Waals surface area contributed by atoms with E-state index in [0.717, 1.165) is 28.0 Å². The van der Waals surface area contributed by atoms with Crippen LogP contribution in [0.1, 0.15) is 30.9 Å². The Kier molecular flexibility index (Phi) is 5.27. The monoisotopic (exact) mass is 397 g/mol. The lowest BCUT2D eigenvalue weighted by atomic mass is 9.98. The van der Waals surface area contributed by atoms with E-state index in [2.05, 4.69) is 71.8 Å². The van der Waals surface area contributed by atoms with Crippen LogP contribution in [0.4, 0.5) is 16.5 Å². The molecule has 1 aliphatic heterocycles. The Balaban J connectivity index is 1.63. The summed E-state index contributed by atoms with van der Waals surface area (Å²) >= 11 is 3.15. The van der Waals surface area contributed by atoms with Crippen LogP contribution in [0.3, 0.4) is 0 Å². The van der Waals surface area contributed by atoms with Crippen molar-refractivity contribution >= 4 is 39.8 Å². The molecule has 0 saturated heterocycles. The fourth-order valence-electron chi connectivity index (χ4n) is 3.27. The molecule has 0 bridgehead atoms. The van der Waals surface area contributed by atoms with Crippen molar-refractivity contribution in [2.24, 2.45) is 0 Å². The van der Waals surface area contributed by atoms with E-state index in [9.17, 15) is 0 Å². The first kappa shape index (κ1) is 18.2. The van der Waals surface area contributed by atoms with Crippen LogP contribution in [0.2, 0.25) is 0 Å². The second-order valence-corrected chi connectivity index (χ2v) is 8.66. The molecule has 0 unspecified atom stereocenters. The molecule has 140 valence electrons. The summed E-state index contributed by atoms with van der Waals surface area (Å²) in [5.74, 6) is 1.41. The molecule has 0 saturated carbocycles. The minimum atomic E-state index is 0.476. The van der Waals surface area contributed by atoms with E-state index in [4.69, 9.17) is 4.74 Å². The summed E-state index contributed by atoms with van der Waals surface area (Å²) in [6.07, 6.45) is 1.80. The average molecular weight is 398 g/mol. The van der Waals surface area contributed by atoms with E-state index in [1.807, 2.05) is 5.38 Å². The maximum Gasteiger partial charge on any atom is 0.192 e. The topological polar surface area (TPSA) is 37.4 Å². The number of aromatic nitrogens is 1. The van der Waals surface area contributed by atoms with Gasteiger partial charge in [0, 0.05) is 22.2 Å². The molecule has 1 aliphatic rings. The Morgan fingerprint density at radius 3 is 2.85 bits per heavy atom. The van der Waals surface area contributed by atoms with Gasteiger partial charge in [0.2, 0.25) is 0 Å². The summed E-state index contributed by atoms with van der Waals surface area (Å²) in [5.41, 5.74) is 5.07. The van der Waals surface area contributed by atoms with Gasteiger partial charge in [0.05, 0.1) is 12.2 Å². The largest absolute Gasteiger partial charge is 0.489 e. The fourth-order valence-corrected chi connectivity index (χ4v) is 4.52. The lowest BCUT2D eigenvalue weighted by molar-refractivity contribution is 0.313. The SMILES string of the molecule is Cc1ccc(C(C)C)c(N2CCOc3cc(SNc4nccs4)ccc32)c1. The maximum absolute atomic E-state index is 5.99. The third kappa shape index (κ3) is 3.92. The zero-order chi connectivity index (χ0) is 18.8. The van der Waals surface area contributed by atoms with Crippen molar-refractivity contribution in [1.82, 2.24) is 4.98 Å². The highest BCUT2D eigenvalue weighted by Crippen LogP contribution is 2.41. The van der Waals surface area contributed by atoms with Crippen LogP contribution < -0.4 is 14.4 Å². The number of benzene rings is 2. The molecule has 0 atom stereocenters. The normalized spacial score (nSPS) is 13.4. The van der Waals surface area contributed by atoms with Crippen LogP contribution in [0.5, 0.6) is 5.75 Å². The van der Waals surface area contributed by atoms with Crippen LogP contribution in [-0.2, 0) is 0 Å². The molecule has 0 aliphatic carbocycles. The van der Waals surface area contributed by atoms with Gasteiger partial charge in [0.25, 0.3) is 0 Å². The number of rotatable bonds is 5. The molecule has 0 fully saturated rings. The molecular formula is C21H23N3OS2. The summed E-state index contributed by atoms with van der Waals surface area (Å²) in [6, 6.07) is 13.1. The first-order valence-electron chi connectivity index (χ1n) is 9.09. The number of hydrogen-bond donors (Lipinski definition) is 1. The Morgan fingerprint density at radius 1 is 1.19 bits per heavy atom. The number of hydrogen-bond acceptors (Lipinski definition) is 6. The van der Waals surface area contributed by atoms with Crippen molar-refractivity contribution in [2.75, 3.05) is 22.8 Å². The van der Waals surface area contributed by atoms with Gasteiger partial charge in [-0.15, -0.1) is 11.3 Å². The van der Waals surface area contributed by atoms with Gasteiger partial charge >= 0.3 is 0 Å². The standard InChI is InChI=1S/C21H23N3OS2/c1-14(2)17-6-4-15(3)12-19(17)24-9-10-25-20-13-16(5-7-18(20)24)27-23-21-22-8-11-26-21/h4-8,11-14H,9-10H2,1-3H3,(H,22,23). The second kappa shape index (κ2) is 7.82. The summed E-state index contributed by atoms with van der Waals surface area (Å²) in [5, 5.41) is 2.87. The molecule has 2 aromatic carbocycles. The fraction of sp³-hybridized carbons (Fsp3) is 0.286. The Hall–Kier alpha value is -2.18. The minimum absolute atomic E-state index is 0.476. The number of nitrogens with zero attached hydrogens (tertiary/aromatic N) is 2. The van der Waals surface area contributed by atoms with Gasteiger partial charge in [0.15, 0.2) is 5.13 Å². The van der Waals surface area contributed by atoms with Crippen molar-refractivity contribution in [3.63, 3.8) is 0 Å². The van der Waals surface area contributed by atoms with Crippen molar-refractivity contribution in [3.05, 3.63) is 59.1 Å².